The number of nitrogens with one attached hydrogen (secondary N) is 1. The van der Waals surface area contributed by atoms with Crippen molar-refractivity contribution in [2.45, 2.75) is 26.7 Å². The molecule has 0 spiro atoms. The number of halogens is 2. The van der Waals surface area contributed by atoms with E-state index in [4.69, 9.17) is 0 Å². The quantitative estimate of drug-likeness (QED) is 0.435. The second kappa shape index (κ2) is 9.19. The first-order valence-electron chi connectivity index (χ1n) is 6.00. The van der Waals surface area contributed by atoms with Crippen LogP contribution in [-0.2, 0) is 0 Å². The highest BCUT2D eigenvalue weighted by molar-refractivity contribution is 14.0. The first kappa shape index (κ1) is 17.2. The van der Waals surface area contributed by atoms with Crippen LogP contribution < -0.4 is 5.32 Å². The lowest BCUT2D eigenvalue weighted by molar-refractivity contribution is 0.266. The van der Waals surface area contributed by atoms with Crippen molar-refractivity contribution in [1.29, 1.82) is 0 Å². The van der Waals surface area contributed by atoms with E-state index in [0.29, 0.717) is 6.54 Å². The Labute approximate surface area is 130 Å². The molecule has 1 aliphatic rings. The molecule has 0 aliphatic carbocycles. The summed E-state index contributed by atoms with van der Waals surface area (Å²) in [6.45, 7) is 12.0. The zero-order valence-electron chi connectivity index (χ0n) is 10.7. The molecule has 0 aromatic carbocycles. The summed E-state index contributed by atoms with van der Waals surface area (Å²) >= 11 is 3.34. The molecule has 0 bridgehead atoms. The first-order valence-corrected chi connectivity index (χ1v) is 6.79. The third-order valence-electron chi connectivity index (χ3n) is 2.69. The van der Waals surface area contributed by atoms with E-state index in [2.05, 4.69) is 51.6 Å². The molecule has 0 amide bonds. The fourth-order valence-corrected chi connectivity index (χ4v) is 2.09. The van der Waals surface area contributed by atoms with Gasteiger partial charge in [-0.2, -0.15) is 0 Å². The maximum Gasteiger partial charge on any atom is 0.194 e. The lowest BCUT2D eigenvalue weighted by atomic mass is 10.0. The summed E-state index contributed by atoms with van der Waals surface area (Å²) in [7, 11) is 0. The summed E-state index contributed by atoms with van der Waals surface area (Å²) < 4.78 is 0.924. The van der Waals surface area contributed by atoms with Crippen LogP contribution in [-0.4, -0.2) is 37.0 Å². The standard InChI is InChI=1S/C12H22BrN3.HI/c1-4-14-12(15-8-11(3)13)16-7-5-6-10(2)9-16;/h10H,3-9H2,1-2H3,(H,14,15);1H. The Bertz CT molecular complexity index is 268. The van der Waals surface area contributed by atoms with E-state index in [1.807, 2.05) is 0 Å². The summed E-state index contributed by atoms with van der Waals surface area (Å²) in [6, 6.07) is 0. The van der Waals surface area contributed by atoms with Gasteiger partial charge < -0.3 is 10.2 Å². The minimum Gasteiger partial charge on any atom is -0.357 e. The van der Waals surface area contributed by atoms with E-state index in [0.717, 1.165) is 36.0 Å². The van der Waals surface area contributed by atoms with Crippen molar-refractivity contribution in [3.8, 4) is 0 Å². The first-order chi connectivity index (χ1) is 7.63. The average Bonchev–Trinajstić information content (AvgIpc) is 2.24. The lowest BCUT2D eigenvalue weighted by Crippen LogP contribution is -2.46. The molecular weight excluding hydrogens is 393 g/mol. The number of hydrogen-bond acceptors (Lipinski definition) is 1. The van der Waals surface area contributed by atoms with E-state index in [9.17, 15) is 0 Å². The summed E-state index contributed by atoms with van der Waals surface area (Å²) in [5.74, 6) is 1.79. The summed E-state index contributed by atoms with van der Waals surface area (Å²) in [4.78, 5) is 6.91. The van der Waals surface area contributed by atoms with E-state index >= 15 is 0 Å². The van der Waals surface area contributed by atoms with Crippen LogP contribution in [0.2, 0.25) is 0 Å². The van der Waals surface area contributed by atoms with Crippen LogP contribution in [0.15, 0.2) is 16.1 Å². The topological polar surface area (TPSA) is 27.6 Å². The molecule has 100 valence electrons. The number of likely N-dealkylation sites (tertiary alicyclic amines) is 1. The lowest BCUT2D eigenvalue weighted by Gasteiger charge is -2.33. The highest BCUT2D eigenvalue weighted by atomic mass is 127. The van der Waals surface area contributed by atoms with E-state index in [1.54, 1.807) is 0 Å². The van der Waals surface area contributed by atoms with Crippen LogP contribution >= 0.6 is 39.9 Å². The monoisotopic (exact) mass is 415 g/mol. The molecule has 3 nitrogen and oxygen atoms in total. The normalized spacial score (nSPS) is 20.8. The average molecular weight is 416 g/mol. The fourth-order valence-electron chi connectivity index (χ4n) is 1.97. The molecule has 17 heavy (non-hydrogen) atoms. The van der Waals surface area contributed by atoms with Crippen LogP contribution in [0.25, 0.3) is 0 Å². The maximum atomic E-state index is 4.56. The predicted molar refractivity (Wildman–Crippen MR) is 89.4 cm³/mol. The molecule has 1 unspecified atom stereocenters. The van der Waals surface area contributed by atoms with Crippen molar-refractivity contribution < 1.29 is 0 Å². The number of piperidine rings is 1. The Balaban J connectivity index is 0.00000256. The molecule has 0 aromatic heterocycles. The molecule has 0 aromatic rings. The zero-order valence-corrected chi connectivity index (χ0v) is 14.6. The number of rotatable bonds is 3. The van der Waals surface area contributed by atoms with Crippen molar-refractivity contribution in [3.63, 3.8) is 0 Å². The Morgan fingerprint density at radius 2 is 2.29 bits per heavy atom. The van der Waals surface area contributed by atoms with Gasteiger partial charge in [-0.15, -0.1) is 24.0 Å². The largest absolute Gasteiger partial charge is 0.357 e. The van der Waals surface area contributed by atoms with E-state index < -0.39 is 0 Å². The summed E-state index contributed by atoms with van der Waals surface area (Å²) in [6.07, 6.45) is 2.60. The van der Waals surface area contributed by atoms with E-state index in [-0.39, 0.29) is 24.0 Å². The fraction of sp³-hybridized carbons (Fsp3) is 0.750. The number of guanidine groups is 1. The third-order valence-corrected chi connectivity index (χ3v) is 2.94. The van der Waals surface area contributed by atoms with Crippen LogP contribution in [0, 0.1) is 5.92 Å². The molecule has 1 rings (SSSR count). The summed E-state index contributed by atoms with van der Waals surface area (Å²) in [5.41, 5.74) is 0. The Morgan fingerprint density at radius 3 is 2.82 bits per heavy atom. The van der Waals surface area contributed by atoms with Gasteiger partial charge in [-0.3, -0.25) is 0 Å². The van der Waals surface area contributed by atoms with Gasteiger partial charge in [0.05, 0.1) is 6.54 Å². The molecule has 5 heteroatoms. The molecule has 1 saturated heterocycles. The maximum absolute atomic E-state index is 4.56. The Kier molecular flexibility index (Phi) is 9.31. The minimum atomic E-state index is 0. The second-order valence-corrected chi connectivity index (χ2v) is 5.50. The van der Waals surface area contributed by atoms with Gasteiger partial charge in [0.25, 0.3) is 0 Å². The van der Waals surface area contributed by atoms with Crippen molar-refractivity contribution in [3.05, 3.63) is 11.1 Å². The zero-order chi connectivity index (χ0) is 12.0. The minimum absolute atomic E-state index is 0. The molecule has 1 aliphatic heterocycles. The second-order valence-electron chi connectivity index (χ2n) is 4.38. The Morgan fingerprint density at radius 1 is 1.59 bits per heavy atom. The molecule has 1 fully saturated rings. The third kappa shape index (κ3) is 6.64. The van der Waals surface area contributed by atoms with Crippen molar-refractivity contribution in [2.75, 3.05) is 26.2 Å². The smallest absolute Gasteiger partial charge is 0.194 e. The molecule has 1 N–H and O–H groups in total. The van der Waals surface area contributed by atoms with Gasteiger partial charge in [-0.25, -0.2) is 4.99 Å². The van der Waals surface area contributed by atoms with Gasteiger partial charge in [0.2, 0.25) is 0 Å². The van der Waals surface area contributed by atoms with Crippen molar-refractivity contribution in [1.82, 2.24) is 10.2 Å². The van der Waals surface area contributed by atoms with Gasteiger partial charge in [0.15, 0.2) is 5.96 Å². The van der Waals surface area contributed by atoms with E-state index in [1.165, 1.54) is 12.8 Å². The van der Waals surface area contributed by atoms with Gasteiger partial charge >= 0.3 is 0 Å². The number of aliphatic imine (C=N–C) groups is 1. The molecular formula is C12H23BrIN3. The highest BCUT2D eigenvalue weighted by Gasteiger charge is 2.18. The predicted octanol–water partition coefficient (Wildman–Crippen LogP) is 3.21. The number of nitrogens with zero attached hydrogens (tertiary/aromatic N) is 2. The van der Waals surface area contributed by atoms with Crippen LogP contribution in [0.4, 0.5) is 0 Å². The molecule has 1 heterocycles. The van der Waals surface area contributed by atoms with Gasteiger partial charge in [0.1, 0.15) is 0 Å². The molecule has 1 atom stereocenters. The van der Waals surface area contributed by atoms with Crippen LogP contribution in [0.1, 0.15) is 26.7 Å². The molecule has 0 saturated carbocycles. The SMILES string of the molecule is C=C(Br)CN=C(NCC)N1CCCC(C)C1.I. The van der Waals surface area contributed by atoms with Gasteiger partial charge in [0, 0.05) is 24.1 Å². The van der Waals surface area contributed by atoms with Gasteiger partial charge in [-0.05, 0) is 25.7 Å². The van der Waals surface area contributed by atoms with Crippen molar-refractivity contribution in [2.24, 2.45) is 10.9 Å². The molecule has 0 radical (unpaired) electrons. The summed E-state index contributed by atoms with van der Waals surface area (Å²) in [5, 5.41) is 3.34. The number of hydrogen-bond donors (Lipinski definition) is 1. The van der Waals surface area contributed by atoms with Crippen LogP contribution in [0.3, 0.4) is 0 Å². The Hall–Kier alpha value is 0.220. The van der Waals surface area contributed by atoms with Gasteiger partial charge in [-0.1, -0.05) is 29.4 Å². The van der Waals surface area contributed by atoms with Crippen LogP contribution in [0.5, 0.6) is 0 Å². The highest BCUT2D eigenvalue weighted by Crippen LogP contribution is 2.15. The van der Waals surface area contributed by atoms with Crippen molar-refractivity contribution >= 4 is 45.9 Å².